The van der Waals surface area contributed by atoms with Gasteiger partial charge in [-0.1, -0.05) is 6.92 Å². The minimum absolute atomic E-state index is 0.249. The number of aliphatic carboxylic acids is 1. The van der Waals surface area contributed by atoms with E-state index in [1.54, 1.807) is 6.92 Å². The van der Waals surface area contributed by atoms with E-state index in [1.807, 2.05) is 0 Å². The van der Waals surface area contributed by atoms with Crippen molar-refractivity contribution in [1.82, 2.24) is 9.44 Å². The maximum Gasteiger partial charge on any atom is 0.310 e. The molecule has 0 saturated carbocycles. The number of carbonyl (C=O) groups is 1. The summed E-state index contributed by atoms with van der Waals surface area (Å²) in [5.41, 5.74) is -2.31. The normalized spacial score (nSPS) is 13.8. The molecule has 0 amide bonds. The number of nitrogens with one attached hydrogen (secondary N) is 2. The second-order valence-electron chi connectivity index (χ2n) is 4.66. The summed E-state index contributed by atoms with van der Waals surface area (Å²) in [5.74, 6) is -1.06. The first kappa shape index (κ1) is 15.3. The molecule has 0 bridgehead atoms. The third-order valence-electron chi connectivity index (χ3n) is 2.82. The van der Waals surface area contributed by atoms with Crippen LogP contribution in [0.3, 0.4) is 0 Å². The minimum Gasteiger partial charge on any atom is -0.481 e. The molecular formula is C9H20N2O4S. The van der Waals surface area contributed by atoms with Gasteiger partial charge in [0.05, 0.1) is 5.41 Å². The van der Waals surface area contributed by atoms with Crippen LogP contribution in [0.15, 0.2) is 0 Å². The Morgan fingerprint density at radius 2 is 1.69 bits per heavy atom. The van der Waals surface area contributed by atoms with Crippen LogP contribution in [0.25, 0.3) is 0 Å². The van der Waals surface area contributed by atoms with Crippen molar-refractivity contribution in [1.29, 1.82) is 0 Å². The predicted octanol–water partition coefficient (Wildman–Crippen LogP) is 0.320. The number of carboxylic acid groups (broad SMARTS) is 1. The third-order valence-corrected chi connectivity index (χ3v) is 4.27. The smallest absolute Gasteiger partial charge is 0.310 e. The molecule has 3 N–H and O–H groups in total. The highest BCUT2D eigenvalue weighted by molar-refractivity contribution is 7.87. The Kier molecular flexibility index (Phi) is 4.49. The number of hydrogen-bond acceptors (Lipinski definition) is 3. The Balaban J connectivity index is 5.03. The van der Waals surface area contributed by atoms with E-state index in [1.165, 1.54) is 27.7 Å². The fourth-order valence-corrected chi connectivity index (χ4v) is 2.34. The summed E-state index contributed by atoms with van der Waals surface area (Å²) in [6.45, 7) is 7.92. The molecule has 7 heteroatoms. The predicted molar refractivity (Wildman–Crippen MR) is 61.2 cm³/mol. The van der Waals surface area contributed by atoms with Crippen LogP contribution in [-0.2, 0) is 15.0 Å². The van der Waals surface area contributed by atoms with Crippen molar-refractivity contribution < 1.29 is 18.3 Å². The van der Waals surface area contributed by atoms with Crippen LogP contribution >= 0.6 is 0 Å². The van der Waals surface area contributed by atoms with E-state index in [4.69, 9.17) is 5.11 Å². The van der Waals surface area contributed by atoms with Gasteiger partial charge in [-0.3, -0.25) is 4.79 Å². The summed E-state index contributed by atoms with van der Waals surface area (Å²) in [5, 5.41) is 9.05. The van der Waals surface area contributed by atoms with Gasteiger partial charge >= 0.3 is 5.97 Å². The van der Waals surface area contributed by atoms with Crippen LogP contribution in [0.5, 0.6) is 0 Å². The summed E-state index contributed by atoms with van der Waals surface area (Å²) < 4.78 is 27.6. The summed E-state index contributed by atoms with van der Waals surface area (Å²) >= 11 is 0. The Morgan fingerprint density at radius 1 is 1.25 bits per heavy atom. The fraction of sp³-hybridized carbons (Fsp3) is 0.889. The fourth-order valence-electron chi connectivity index (χ4n) is 0.957. The molecule has 0 aromatic carbocycles. The van der Waals surface area contributed by atoms with Crippen LogP contribution in [0.1, 0.15) is 34.6 Å². The molecular weight excluding hydrogens is 232 g/mol. The maximum atomic E-state index is 11.5. The first-order valence-corrected chi connectivity index (χ1v) is 6.46. The Hall–Kier alpha value is -0.660. The van der Waals surface area contributed by atoms with Gasteiger partial charge in [-0.15, -0.1) is 0 Å². The van der Waals surface area contributed by atoms with Gasteiger partial charge < -0.3 is 5.11 Å². The van der Waals surface area contributed by atoms with E-state index >= 15 is 0 Å². The molecule has 0 aromatic heterocycles. The van der Waals surface area contributed by atoms with Gasteiger partial charge in [0, 0.05) is 12.1 Å². The lowest BCUT2D eigenvalue weighted by Crippen LogP contribution is -2.59. The van der Waals surface area contributed by atoms with Crippen molar-refractivity contribution in [2.45, 2.75) is 40.2 Å². The molecule has 0 heterocycles. The zero-order chi connectivity index (χ0) is 13.2. The van der Waals surface area contributed by atoms with Crippen LogP contribution in [0.4, 0.5) is 0 Å². The molecule has 96 valence electrons. The van der Waals surface area contributed by atoms with Gasteiger partial charge in [-0.2, -0.15) is 13.1 Å². The minimum atomic E-state index is -3.67. The lowest BCUT2D eigenvalue weighted by molar-refractivity contribution is -0.150. The van der Waals surface area contributed by atoms with Crippen LogP contribution < -0.4 is 9.44 Å². The summed E-state index contributed by atoms with van der Waals surface area (Å²) in [7, 11) is -3.67. The molecule has 0 aliphatic rings. The molecule has 0 atom stereocenters. The monoisotopic (exact) mass is 252 g/mol. The standard InChI is InChI=1S/C9H20N2O4S/c1-6-10-16(14,15)11-9(4,5)8(2,3)7(12)13/h10-11H,6H2,1-5H3,(H,12,13). The van der Waals surface area contributed by atoms with Crippen LogP contribution in [-0.4, -0.2) is 31.6 Å². The number of hydrogen-bond donors (Lipinski definition) is 3. The van der Waals surface area contributed by atoms with Gasteiger partial charge in [-0.05, 0) is 27.7 Å². The SMILES string of the molecule is CCNS(=O)(=O)NC(C)(C)C(C)(C)C(=O)O. The molecule has 0 radical (unpaired) electrons. The summed E-state index contributed by atoms with van der Waals surface area (Å²) in [6.07, 6.45) is 0. The highest BCUT2D eigenvalue weighted by Crippen LogP contribution is 2.31. The van der Waals surface area contributed by atoms with Gasteiger partial charge in [0.15, 0.2) is 0 Å². The first-order valence-electron chi connectivity index (χ1n) is 4.98. The molecule has 6 nitrogen and oxygen atoms in total. The second-order valence-corrected chi connectivity index (χ2v) is 6.16. The van der Waals surface area contributed by atoms with E-state index in [2.05, 4.69) is 9.44 Å². The molecule has 0 unspecified atom stereocenters. The molecule has 0 spiro atoms. The Labute approximate surface area is 96.6 Å². The average molecular weight is 252 g/mol. The highest BCUT2D eigenvalue weighted by Gasteiger charge is 2.45. The first-order chi connectivity index (χ1) is 6.96. The molecule has 0 saturated heterocycles. The summed E-state index contributed by atoms with van der Waals surface area (Å²) in [6, 6.07) is 0. The molecule has 0 rings (SSSR count). The van der Waals surface area contributed by atoms with Crippen molar-refractivity contribution in [2.75, 3.05) is 6.54 Å². The van der Waals surface area contributed by atoms with Crippen molar-refractivity contribution >= 4 is 16.2 Å². The van der Waals surface area contributed by atoms with Crippen molar-refractivity contribution in [3.05, 3.63) is 0 Å². The van der Waals surface area contributed by atoms with E-state index in [9.17, 15) is 13.2 Å². The molecule has 0 aliphatic carbocycles. The maximum absolute atomic E-state index is 11.5. The number of carboxylic acids is 1. The molecule has 16 heavy (non-hydrogen) atoms. The van der Waals surface area contributed by atoms with Gasteiger partial charge in [0.1, 0.15) is 0 Å². The zero-order valence-electron chi connectivity index (χ0n) is 10.3. The average Bonchev–Trinajstić information content (AvgIpc) is 2.00. The topological polar surface area (TPSA) is 95.5 Å². The van der Waals surface area contributed by atoms with E-state index in [-0.39, 0.29) is 6.54 Å². The quantitative estimate of drug-likeness (QED) is 0.634. The van der Waals surface area contributed by atoms with E-state index < -0.39 is 27.1 Å². The zero-order valence-corrected chi connectivity index (χ0v) is 11.1. The van der Waals surface area contributed by atoms with Crippen LogP contribution in [0.2, 0.25) is 0 Å². The van der Waals surface area contributed by atoms with Crippen molar-refractivity contribution in [3.8, 4) is 0 Å². The lowest BCUT2D eigenvalue weighted by Gasteiger charge is -2.38. The van der Waals surface area contributed by atoms with Gasteiger partial charge in [-0.25, -0.2) is 4.72 Å². The highest BCUT2D eigenvalue weighted by atomic mass is 32.2. The second kappa shape index (κ2) is 4.68. The molecule has 0 aromatic rings. The van der Waals surface area contributed by atoms with Crippen molar-refractivity contribution in [3.63, 3.8) is 0 Å². The van der Waals surface area contributed by atoms with Crippen molar-refractivity contribution in [2.24, 2.45) is 5.41 Å². The Morgan fingerprint density at radius 3 is 2.00 bits per heavy atom. The Bertz CT molecular complexity index is 360. The third kappa shape index (κ3) is 3.43. The number of rotatable bonds is 6. The molecule has 0 aliphatic heterocycles. The van der Waals surface area contributed by atoms with Gasteiger partial charge in [0.2, 0.25) is 0 Å². The molecule has 0 fully saturated rings. The lowest BCUT2D eigenvalue weighted by atomic mass is 9.75. The van der Waals surface area contributed by atoms with E-state index in [0.29, 0.717) is 0 Å². The van der Waals surface area contributed by atoms with Gasteiger partial charge in [0.25, 0.3) is 10.2 Å². The van der Waals surface area contributed by atoms with E-state index in [0.717, 1.165) is 0 Å². The largest absolute Gasteiger partial charge is 0.481 e. The summed E-state index contributed by atoms with van der Waals surface area (Å²) in [4.78, 5) is 11.1. The van der Waals surface area contributed by atoms with Crippen LogP contribution in [0, 0.1) is 5.41 Å².